The van der Waals surface area contributed by atoms with Crippen molar-refractivity contribution in [1.29, 1.82) is 0 Å². The molecule has 0 aromatic heterocycles. The molecule has 0 aromatic rings. The van der Waals surface area contributed by atoms with Crippen LogP contribution in [-0.4, -0.2) is 23.4 Å². The third-order valence-corrected chi connectivity index (χ3v) is 10.7. The Hall–Kier alpha value is -0.340. The average Bonchev–Trinajstić information content (AvgIpc) is 3.40. The predicted octanol–water partition coefficient (Wildman–Crippen LogP) is 6.38. The number of aliphatic hydroxyl groups is 1. The van der Waals surface area contributed by atoms with E-state index in [-0.39, 0.29) is 17.6 Å². The number of ether oxygens (including phenoxy) is 1. The molecule has 2 nitrogen and oxygen atoms in total. The molecule has 0 amide bonds. The van der Waals surface area contributed by atoms with Crippen molar-refractivity contribution in [3.8, 4) is 0 Å². The van der Waals surface area contributed by atoms with Gasteiger partial charge in [0.1, 0.15) is 6.10 Å². The SMILES string of the molecule is CC(C)CCC[C@@H](C)[C@H]1CC[C@H]2[C@@H]3CC=C4C[C@@H](O)[C@@H]5O[C@@H]5[C@]4(C)[C@H]3CC[C@]12C. The highest BCUT2D eigenvalue weighted by Crippen LogP contribution is 2.69. The standard InChI is InChI=1S/C27H44O2/c1-16(2)7-6-8-17(3)20-11-12-21-19-10-9-18-15-23(28)24-25(29-24)27(18,5)22(19)13-14-26(20,21)4/h9,16-17,19-25,28H,6-8,10-15H2,1-5H3/t17-,19+,20-,21+,22+,23-,24+,25+,26-,27+/m1/s1. The van der Waals surface area contributed by atoms with Crippen molar-refractivity contribution in [2.45, 2.75) is 111 Å². The summed E-state index contributed by atoms with van der Waals surface area (Å²) < 4.78 is 6.08. The van der Waals surface area contributed by atoms with Crippen LogP contribution >= 0.6 is 0 Å². The molecule has 164 valence electrons. The van der Waals surface area contributed by atoms with Gasteiger partial charge in [0.25, 0.3) is 0 Å². The molecule has 0 unspecified atom stereocenters. The van der Waals surface area contributed by atoms with E-state index < -0.39 is 0 Å². The summed E-state index contributed by atoms with van der Waals surface area (Å²) in [6, 6.07) is 0. The van der Waals surface area contributed by atoms with Crippen LogP contribution in [0, 0.1) is 46.3 Å². The maximum Gasteiger partial charge on any atom is 0.111 e. The van der Waals surface area contributed by atoms with Gasteiger partial charge in [-0.3, -0.25) is 0 Å². The monoisotopic (exact) mass is 400 g/mol. The number of rotatable bonds is 5. The van der Waals surface area contributed by atoms with Gasteiger partial charge in [-0.1, -0.05) is 65.5 Å². The maximum absolute atomic E-state index is 10.4. The molecule has 10 atom stereocenters. The Morgan fingerprint density at radius 2 is 1.90 bits per heavy atom. The number of allylic oxidation sites excluding steroid dienone is 1. The topological polar surface area (TPSA) is 32.8 Å². The summed E-state index contributed by atoms with van der Waals surface area (Å²) >= 11 is 0. The molecule has 1 heterocycles. The van der Waals surface area contributed by atoms with E-state index in [1.807, 2.05) is 0 Å². The lowest BCUT2D eigenvalue weighted by Crippen LogP contribution is -2.53. The van der Waals surface area contributed by atoms with Crippen molar-refractivity contribution in [3.63, 3.8) is 0 Å². The summed E-state index contributed by atoms with van der Waals surface area (Å²) in [6.07, 6.45) is 14.8. The minimum atomic E-state index is -0.257. The molecule has 4 aliphatic carbocycles. The summed E-state index contributed by atoms with van der Waals surface area (Å²) in [5, 5.41) is 10.4. The highest BCUT2D eigenvalue weighted by atomic mass is 16.6. The normalized spacial score (nSPS) is 51.6. The predicted molar refractivity (Wildman–Crippen MR) is 118 cm³/mol. The molecule has 1 aliphatic heterocycles. The average molecular weight is 401 g/mol. The zero-order chi connectivity index (χ0) is 20.6. The Balaban J connectivity index is 1.34. The van der Waals surface area contributed by atoms with Crippen LogP contribution in [0.4, 0.5) is 0 Å². The van der Waals surface area contributed by atoms with Gasteiger partial charge >= 0.3 is 0 Å². The molecule has 0 aromatic carbocycles. The molecular formula is C27H44O2. The van der Waals surface area contributed by atoms with E-state index in [2.05, 4.69) is 40.7 Å². The number of fused-ring (bicyclic) bond motifs is 7. The van der Waals surface area contributed by atoms with E-state index in [1.165, 1.54) is 56.9 Å². The first kappa shape index (κ1) is 20.6. The van der Waals surface area contributed by atoms with E-state index in [9.17, 15) is 5.11 Å². The largest absolute Gasteiger partial charge is 0.390 e. The van der Waals surface area contributed by atoms with Gasteiger partial charge in [0.15, 0.2) is 0 Å². The van der Waals surface area contributed by atoms with Crippen LogP contribution < -0.4 is 0 Å². The molecule has 5 aliphatic rings. The first-order valence-corrected chi connectivity index (χ1v) is 12.8. The first-order chi connectivity index (χ1) is 13.8. The van der Waals surface area contributed by atoms with Gasteiger partial charge in [-0.2, -0.15) is 0 Å². The maximum atomic E-state index is 10.4. The van der Waals surface area contributed by atoms with Crippen molar-refractivity contribution < 1.29 is 9.84 Å². The lowest BCUT2D eigenvalue weighted by Gasteiger charge is -2.57. The quantitative estimate of drug-likeness (QED) is 0.429. The summed E-state index contributed by atoms with van der Waals surface area (Å²) in [7, 11) is 0. The van der Waals surface area contributed by atoms with E-state index in [1.54, 1.807) is 0 Å². The zero-order valence-electron chi connectivity index (χ0n) is 19.5. The summed E-state index contributed by atoms with van der Waals surface area (Å²) in [6.45, 7) is 12.5. The molecule has 5 rings (SSSR count). The molecule has 29 heavy (non-hydrogen) atoms. The first-order valence-electron chi connectivity index (χ1n) is 12.8. The highest BCUT2D eigenvalue weighted by molar-refractivity contribution is 5.32. The Bertz CT molecular complexity index is 667. The molecular weight excluding hydrogens is 356 g/mol. The van der Waals surface area contributed by atoms with Crippen LogP contribution in [0.5, 0.6) is 0 Å². The Morgan fingerprint density at radius 3 is 2.66 bits per heavy atom. The van der Waals surface area contributed by atoms with Crippen LogP contribution in [0.25, 0.3) is 0 Å². The fourth-order valence-electron chi connectivity index (χ4n) is 9.06. The van der Waals surface area contributed by atoms with Crippen molar-refractivity contribution >= 4 is 0 Å². The van der Waals surface area contributed by atoms with Gasteiger partial charge in [0.05, 0.1) is 12.2 Å². The zero-order valence-corrected chi connectivity index (χ0v) is 19.5. The fourth-order valence-corrected chi connectivity index (χ4v) is 9.06. The molecule has 0 bridgehead atoms. The van der Waals surface area contributed by atoms with Crippen molar-refractivity contribution in [3.05, 3.63) is 11.6 Å². The van der Waals surface area contributed by atoms with Crippen molar-refractivity contribution in [2.75, 3.05) is 0 Å². The number of epoxide rings is 1. The van der Waals surface area contributed by atoms with E-state index in [4.69, 9.17) is 4.74 Å². The molecule has 2 heteroatoms. The van der Waals surface area contributed by atoms with Gasteiger partial charge < -0.3 is 9.84 Å². The van der Waals surface area contributed by atoms with Crippen molar-refractivity contribution in [1.82, 2.24) is 0 Å². The molecule has 0 spiro atoms. The second kappa shape index (κ2) is 7.09. The lowest BCUT2D eigenvalue weighted by molar-refractivity contribution is -0.0545. The lowest BCUT2D eigenvalue weighted by atomic mass is 9.47. The Labute approximate surface area is 178 Å². The second-order valence-corrected chi connectivity index (χ2v) is 12.4. The smallest absolute Gasteiger partial charge is 0.111 e. The Morgan fingerprint density at radius 1 is 1.10 bits per heavy atom. The molecule has 3 saturated carbocycles. The molecule has 4 fully saturated rings. The number of hydrogen-bond donors (Lipinski definition) is 1. The molecule has 0 radical (unpaired) electrons. The number of hydrogen-bond acceptors (Lipinski definition) is 2. The van der Waals surface area contributed by atoms with Crippen LogP contribution in [0.3, 0.4) is 0 Å². The number of aliphatic hydroxyl groups excluding tert-OH is 1. The highest BCUT2D eigenvalue weighted by Gasteiger charge is 2.67. The summed E-state index contributed by atoms with van der Waals surface area (Å²) in [5.74, 6) is 5.17. The van der Waals surface area contributed by atoms with Gasteiger partial charge in [-0.15, -0.1) is 0 Å². The molecule has 1 N–H and O–H groups in total. The van der Waals surface area contributed by atoms with Crippen LogP contribution in [0.1, 0.15) is 92.4 Å². The van der Waals surface area contributed by atoms with Crippen molar-refractivity contribution in [2.24, 2.45) is 46.3 Å². The van der Waals surface area contributed by atoms with Crippen LogP contribution in [0.15, 0.2) is 11.6 Å². The van der Waals surface area contributed by atoms with Gasteiger partial charge in [0, 0.05) is 5.41 Å². The van der Waals surface area contributed by atoms with E-state index in [0.29, 0.717) is 11.5 Å². The van der Waals surface area contributed by atoms with Crippen LogP contribution in [0.2, 0.25) is 0 Å². The summed E-state index contributed by atoms with van der Waals surface area (Å²) in [5.41, 5.74) is 2.29. The van der Waals surface area contributed by atoms with Gasteiger partial charge in [0.2, 0.25) is 0 Å². The van der Waals surface area contributed by atoms with Crippen LogP contribution in [-0.2, 0) is 4.74 Å². The van der Waals surface area contributed by atoms with Gasteiger partial charge in [-0.25, -0.2) is 0 Å². The van der Waals surface area contributed by atoms with E-state index in [0.717, 1.165) is 41.9 Å². The van der Waals surface area contributed by atoms with Gasteiger partial charge in [-0.05, 0) is 79.4 Å². The summed E-state index contributed by atoms with van der Waals surface area (Å²) in [4.78, 5) is 0. The minimum Gasteiger partial charge on any atom is -0.390 e. The third kappa shape index (κ3) is 3.02. The Kier molecular flexibility index (Phi) is 5.03. The minimum absolute atomic E-state index is 0.126. The second-order valence-electron chi connectivity index (χ2n) is 12.4. The molecule has 1 saturated heterocycles. The van der Waals surface area contributed by atoms with E-state index >= 15 is 0 Å². The fraction of sp³-hybridized carbons (Fsp3) is 0.926. The third-order valence-electron chi connectivity index (χ3n) is 10.7.